The van der Waals surface area contributed by atoms with Crippen molar-refractivity contribution in [1.29, 1.82) is 0 Å². The van der Waals surface area contributed by atoms with Crippen LogP contribution in [-0.4, -0.2) is 17.1 Å². The van der Waals surface area contributed by atoms with Crippen LogP contribution in [0.5, 0.6) is 0 Å². The standard InChI is InChI=1S/C13H16ClNO2/c1-9-4-2-3-5-12(9)17-13(16)11-8-10(14)6-7-15-11/h6-9,12H,2-5H2,1H3. The van der Waals surface area contributed by atoms with Crippen LogP contribution in [0.3, 0.4) is 0 Å². The van der Waals surface area contributed by atoms with Gasteiger partial charge in [0.15, 0.2) is 0 Å². The molecule has 1 saturated carbocycles. The molecule has 0 bridgehead atoms. The van der Waals surface area contributed by atoms with Crippen molar-refractivity contribution in [1.82, 2.24) is 4.98 Å². The van der Waals surface area contributed by atoms with Gasteiger partial charge in [-0.3, -0.25) is 0 Å². The molecule has 0 aliphatic heterocycles. The summed E-state index contributed by atoms with van der Waals surface area (Å²) in [5.41, 5.74) is 0.287. The van der Waals surface area contributed by atoms with E-state index in [2.05, 4.69) is 11.9 Å². The van der Waals surface area contributed by atoms with E-state index in [0.29, 0.717) is 10.9 Å². The van der Waals surface area contributed by atoms with Crippen molar-refractivity contribution in [2.45, 2.75) is 38.7 Å². The van der Waals surface area contributed by atoms with Gasteiger partial charge in [0, 0.05) is 11.2 Å². The van der Waals surface area contributed by atoms with Gasteiger partial charge in [-0.15, -0.1) is 0 Å². The normalized spacial score (nSPS) is 24.4. The number of rotatable bonds is 2. The Labute approximate surface area is 106 Å². The Morgan fingerprint density at radius 1 is 1.47 bits per heavy atom. The second-order valence-electron chi connectivity index (χ2n) is 4.56. The van der Waals surface area contributed by atoms with E-state index in [0.717, 1.165) is 19.3 Å². The second-order valence-corrected chi connectivity index (χ2v) is 5.00. The number of nitrogens with zero attached hydrogens (tertiary/aromatic N) is 1. The van der Waals surface area contributed by atoms with Crippen LogP contribution < -0.4 is 0 Å². The highest BCUT2D eigenvalue weighted by atomic mass is 35.5. The van der Waals surface area contributed by atoms with Crippen LogP contribution in [0.4, 0.5) is 0 Å². The summed E-state index contributed by atoms with van der Waals surface area (Å²) in [5.74, 6) is 0.0677. The summed E-state index contributed by atoms with van der Waals surface area (Å²) in [7, 11) is 0. The fourth-order valence-electron chi connectivity index (χ4n) is 2.17. The van der Waals surface area contributed by atoms with Gasteiger partial charge in [0.1, 0.15) is 11.8 Å². The zero-order valence-electron chi connectivity index (χ0n) is 9.86. The average molecular weight is 254 g/mol. The minimum atomic E-state index is -0.369. The average Bonchev–Trinajstić information content (AvgIpc) is 2.32. The van der Waals surface area contributed by atoms with Crippen LogP contribution in [0.15, 0.2) is 18.3 Å². The molecule has 0 amide bonds. The predicted molar refractivity (Wildman–Crippen MR) is 66.1 cm³/mol. The molecule has 2 unspecified atom stereocenters. The maximum Gasteiger partial charge on any atom is 0.357 e. The largest absolute Gasteiger partial charge is 0.457 e. The Bertz CT molecular complexity index is 408. The molecule has 2 atom stereocenters. The first-order valence-electron chi connectivity index (χ1n) is 5.99. The highest BCUT2D eigenvalue weighted by Crippen LogP contribution is 2.27. The number of aromatic nitrogens is 1. The Morgan fingerprint density at radius 2 is 2.24 bits per heavy atom. The van der Waals surface area contributed by atoms with Crippen molar-refractivity contribution in [2.75, 3.05) is 0 Å². The van der Waals surface area contributed by atoms with Gasteiger partial charge in [-0.1, -0.05) is 24.9 Å². The molecule has 1 heterocycles. The summed E-state index contributed by atoms with van der Waals surface area (Å²) < 4.78 is 5.48. The van der Waals surface area contributed by atoms with E-state index < -0.39 is 0 Å². The molecule has 1 aromatic rings. The first-order valence-corrected chi connectivity index (χ1v) is 6.37. The van der Waals surface area contributed by atoms with Crippen molar-refractivity contribution in [2.24, 2.45) is 5.92 Å². The fourth-order valence-corrected chi connectivity index (χ4v) is 2.33. The van der Waals surface area contributed by atoms with Gasteiger partial charge in [0.2, 0.25) is 0 Å². The molecule has 92 valence electrons. The third kappa shape index (κ3) is 3.19. The molecule has 0 spiro atoms. The van der Waals surface area contributed by atoms with E-state index in [4.69, 9.17) is 16.3 Å². The van der Waals surface area contributed by atoms with E-state index in [1.807, 2.05) is 0 Å². The Balaban J connectivity index is 2.01. The molecular weight excluding hydrogens is 238 g/mol. The van der Waals surface area contributed by atoms with Gasteiger partial charge in [-0.05, 0) is 37.3 Å². The molecule has 1 aromatic heterocycles. The summed E-state index contributed by atoms with van der Waals surface area (Å²) in [6.45, 7) is 2.13. The van der Waals surface area contributed by atoms with Gasteiger partial charge < -0.3 is 4.74 Å². The van der Waals surface area contributed by atoms with Gasteiger partial charge in [-0.2, -0.15) is 0 Å². The summed E-state index contributed by atoms with van der Waals surface area (Å²) in [6.07, 6.45) is 5.98. The number of pyridine rings is 1. The molecule has 3 nitrogen and oxygen atoms in total. The van der Waals surface area contributed by atoms with Crippen molar-refractivity contribution in [3.63, 3.8) is 0 Å². The van der Waals surface area contributed by atoms with Gasteiger partial charge in [0.25, 0.3) is 0 Å². The van der Waals surface area contributed by atoms with E-state index in [9.17, 15) is 4.79 Å². The third-order valence-corrected chi connectivity index (χ3v) is 3.46. The molecule has 1 fully saturated rings. The van der Waals surface area contributed by atoms with Crippen LogP contribution in [0.25, 0.3) is 0 Å². The van der Waals surface area contributed by atoms with E-state index in [-0.39, 0.29) is 17.8 Å². The SMILES string of the molecule is CC1CCCCC1OC(=O)c1cc(Cl)ccn1. The van der Waals surface area contributed by atoms with E-state index in [1.54, 1.807) is 6.07 Å². The number of hydrogen-bond acceptors (Lipinski definition) is 3. The molecule has 1 aliphatic rings. The Kier molecular flexibility index (Phi) is 4.00. The lowest BCUT2D eigenvalue weighted by Gasteiger charge is -2.28. The van der Waals surface area contributed by atoms with Crippen LogP contribution in [0.1, 0.15) is 43.1 Å². The first kappa shape index (κ1) is 12.4. The lowest BCUT2D eigenvalue weighted by molar-refractivity contribution is 0.00420. The molecule has 4 heteroatoms. The number of halogens is 1. The molecule has 0 N–H and O–H groups in total. The molecule has 0 radical (unpaired) electrons. The number of carbonyl (C=O) groups is 1. The molecular formula is C13H16ClNO2. The monoisotopic (exact) mass is 253 g/mol. The zero-order valence-corrected chi connectivity index (χ0v) is 10.6. The summed E-state index contributed by atoms with van der Waals surface area (Å²) in [4.78, 5) is 15.8. The second kappa shape index (κ2) is 5.50. The number of esters is 1. The number of hydrogen-bond donors (Lipinski definition) is 0. The molecule has 0 saturated heterocycles. The molecule has 1 aliphatic carbocycles. The molecule has 17 heavy (non-hydrogen) atoms. The van der Waals surface area contributed by atoms with Crippen LogP contribution >= 0.6 is 11.6 Å². The quantitative estimate of drug-likeness (QED) is 0.758. The van der Waals surface area contributed by atoms with Crippen molar-refractivity contribution >= 4 is 17.6 Å². The van der Waals surface area contributed by atoms with Crippen molar-refractivity contribution < 1.29 is 9.53 Å². The van der Waals surface area contributed by atoms with Crippen molar-refractivity contribution in [3.05, 3.63) is 29.0 Å². The van der Waals surface area contributed by atoms with Crippen LogP contribution in [0.2, 0.25) is 5.02 Å². The van der Waals surface area contributed by atoms with Crippen LogP contribution in [0, 0.1) is 5.92 Å². The summed E-state index contributed by atoms with van der Waals surface area (Å²) in [5, 5.41) is 0.503. The third-order valence-electron chi connectivity index (χ3n) is 3.22. The van der Waals surface area contributed by atoms with Gasteiger partial charge >= 0.3 is 5.97 Å². The Morgan fingerprint density at radius 3 is 2.94 bits per heavy atom. The molecule has 0 aromatic carbocycles. The minimum absolute atomic E-state index is 0.0250. The predicted octanol–water partition coefficient (Wildman–Crippen LogP) is 3.47. The van der Waals surface area contributed by atoms with Crippen LogP contribution in [-0.2, 0) is 4.74 Å². The highest BCUT2D eigenvalue weighted by molar-refractivity contribution is 6.30. The van der Waals surface area contributed by atoms with Gasteiger partial charge in [0.05, 0.1) is 0 Å². The fraction of sp³-hybridized carbons (Fsp3) is 0.538. The van der Waals surface area contributed by atoms with Gasteiger partial charge in [-0.25, -0.2) is 9.78 Å². The number of ether oxygens (including phenoxy) is 1. The van der Waals surface area contributed by atoms with Crippen molar-refractivity contribution in [3.8, 4) is 0 Å². The lowest BCUT2D eigenvalue weighted by Crippen LogP contribution is -2.28. The molecule has 2 rings (SSSR count). The smallest absolute Gasteiger partial charge is 0.357 e. The minimum Gasteiger partial charge on any atom is -0.457 e. The maximum atomic E-state index is 11.9. The summed E-state index contributed by atoms with van der Waals surface area (Å²) in [6, 6.07) is 3.18. The lowest BCUT2D eigenvalue weighted by atomic mass is 9.88. The topological polar surface area (TPSA) is 39.2 Å². The summed E-state index contributed by atoms with van der Waals surface area (Å²) >= 11 is 5.81. The Hall–Kier alpha value is -1.09. The first-order chi connectivity index (χ1) is 8.16. The van der Waals surface area contributed by atoms with E-state index >= 15 is 0 Å². The highest BCUT2D eigenvalue weighted by Gasteiger charge is 2.25. The van der Waals surface area contributed by atoms with E-state index in [1.165, 1.54) is 18.7 Å². The number of carbonyl (C=O) groups excluding carboxylic acids is 1. The zero-order chi connectivity index (χ0) is 12.3. The maximum absolute atomic E-state index is 11.9.